The number of hydrogen-bond donors (Lipinski definition) is 0. The summed E-state index contributed by atoms with van der Waals surface area (Å²) in [5.41, 5.74) is 0.729. The first kappa shape index (κ1) is 12.6. The van der Waals surface area contributed by atoms with E-state index in [-0.39, 0.29) is 0 Å². The van der Waals surface area contributed by atoms with Crippen LogP contribution < -0.4 is 0 Å². The lowest BCUT2D eigenvalue weighted by molar-refractivity contribution is -0.108. The second-order valence-electron chi connectivity index (χ2n) is 3.32. The molecule has 1 rings (SSSR count). The van der Waals surface area contributed by atoms with Crippen molar-refractivity contribution in [2.24, 2.45) is 5.92 Å². The van der Waals surface area contributed by atoms with Crippen LogP contribution in [-0.4, -0.2) is 12.6 Å². The molecule has 1 aromatic carbocycles. The average molecular weight is 192 g/mol. The minimum absolute atomic E-state index is 0.530. The van der Waals surface area contributed by atoms with Crippen LogP contribution in [0.25, 0.3) is 0 Å². The van der Waals surface area contributed by atoms with Crippen molar-refractivity contribution in [1.82, 2.24) is 0 Å². The van der Waals surface area contributed by atoms with E-state index in [2.05, 4.69) is 0 Å². The molecule has 2 heteroatoms. The lowest BCUT2D eigenvalue weighted by Gasteiger charge is -1.89. The van der Waals surface area contributed by atoms with E-state index in [0.29, 0.717) is 12.3 Å². The Balaban J connectivity index is 0.000000255. The summed E-state index contributed by atoms with van der Waals surface area (Å²) < 4.78 is 0. The Hall–Kier alpha value is -1.44. The monoisotopic (exact) mass is 192 g/mol. The van der Waals surface area contributed by atoms with E-state index in [9.17, 15) is 9.59 Å². The quantitative estimate of drug-likeness (QED) is 0.690. The van der Waals surface area contributed by atoms with Gasteiger partial charge in [-0.3, -0.25) is 4.79 Å². The van der Waals surface area contributed by atoms with E-state index in [1.165, 1.54) is 0 Å². The van der Waals surface area contributed by atoms with E-state index in [4.69, 9.17) is 0 Å². The summed E-state index contributed by atoms with van der Waals surface area (Å²) in [4.78, 5) is 19.6. The van der Waals surface area contributed by atoms with Gasteiger partial charge in [0.2, 0.25) is 0 Å². The second kappa shape index (κ2) is 8.17. The summed E-state index contributed by atoms with van der Waals surface area (Å²) in [5, 5.41) is 0. The van der Waals surface area contributed by atoms with Crippen molar-refractivity contribution >= 4 is 12.6 Å². The molecule has 0 N–H and O–H groups in total. The van der Waals surface area contributed by atoms with Gasteiger partial charge in [-0.15, -0.1) is 0 Å². The molecule has 0 aliphatic heterocycles. The first-order chi connectivity index (χ1) is 6.70. The zero-order valence-corrected chi connectivity index (χ0v) is 8.64. The summed E-state index contributed by atoms with van der Waals surface area (Å²) in [6.07, 6.45) is 2.48. The van der Waals surface area contributed by atoms with Gasteiger partial charge in [-0.25, -0.2) is 0 Å². The number of aldehydes is 2. The van der Waals surface area contributed by atoms with Crippen LogP contribution in [0.15, 0.2) is 30.3 Å². The standard InChI is InChI=1S/C7H6O.C5H10O/c8-6-7-4-2-1-3-5-7;1-5(2)3-4-6/h1-6H;4-5H,3H2,1-2H3. The smallest absolute Gasteiger partial charge is 0.150 e. The molecule has 0 saturated carbocycles. The molecule has 0 unspecified atom stereocenters. The van der Waals surface area contributed by atoms with Crippen molar-refractivity contribution in [3.63, 3.8) is 0 Å². The lowest BCUT2D eigenvalue weighted by Crippen LogP contribution is -1.84. The fraction of sp³-hybridized carbons (Fsp3) is 0.333. The zero-order chi connectivity index (χ0) is 10.8. The van der Waals surface area contributed by atoms with Crippen LogP contribution in [0.4, 0.5) is 0 Å². The Morgan fingerprint density at radius 2 is 1.71 bits per heavy atom. The summed E-state index contributed by atoms with van der Waals surface area (Å²) in [7, 11) is 0. The Labute approximate surface area is 84.9 Å². The maximum Gasteiger partial charge on any atom is 0.150 e. The first-order valence-corrected chi connectivity index (χ1v) is 4.64. The highest BCUT2D eigenvalue weighted by Gasteiger charge is 1.85. The molecule has 2 nitrogen and oxygen atoms in total. The minimum Gasteiger partial charge on any atom is -0.303 e. The number of carbonyl (C=O) groups is 2. The fourth-order valence-corrected chi connectivity index (χ4v) is 0.724. The Morgan fingerprint density at radius 1 is 1.14 bits per heavy atom. The van der Waals surface area contributed by atoms with Gasteiger partial charge >= 0.3 is 0 Å². The molecular formula is C12H16O2. The predicted molar refractivity (Wildman–Crippen MR) is 57.3 cm³/mol. The Morgan fingerprint density at radius 3 is 1.93 bits per heavy atom. The van der Waals surface area contributed by atoms with E-state index >= 15 is 0 Å². The summed E-state index contributed by atoms with van der Waals surface area (Å²) >= 11 is 0. The molecule has 0 bridgehead atoms. The highest BCUT2D eigenvalue weighted by atomic mass is 16.1. The van der Waals surface area contributed by atoms with Crippen molar-refractivity contribution < 1.29 is 9.59 Å². The van der Waals surface area contributed by atoms with E-state index in [1.54, 1.807) is 12.1 Å². The van der Waals surface area contributed by atoms with Gasteiger partial charge in [0.15, 0.2) is 0 Å². The maximum atomic E-state index is 10.0. The normalized spacial score (nSPS) is 8.79. The van der Waals surface area contributed by atoms with Crippen LogP contribution in [0, 0.1) is 5.92 Å². The van der Waals surface area contributed by atoms with Crippen molar-refractivity contribution in [3.8, 4) is 0 Å². The number of hydrogen-bond acceptors (Lipinski definition) is 2. The van der Waals surface area contributed by atoms with E-state index < -0.39 is 0 Å². The van der Waals surface area contributed by atoms with Crippen molar-refractivity contribution in [1.29, 1.82) is 0 Å². The number of benzene rings is 1. The highest BCUT2D eigenvalue weighted by Crippen LogP contribution is 1.92. The Bertz CT molecular complexity index is 252. The van der Waals surface area contributed by atoms with Gasteiger partial charge in [0, 0.05) is 12.0 Å². The Kier molecular flexibility index (Phi) is 7.33. The zero-order valence-electron chi connectivity index (χ0n) is 8.64. The SMILES string of the molecule is CC(C)CC=O.O=Cc1ccccc1. The summed E-state index contributed by atoms with van der Waals surface area (Å²) in [6.45, 7) is 4.04. The van der Waals surface area contributed by atoms with Gasteiger partial charge < -0.3 is 4.79 Å². The van der Waals surface area contributed by atoms with E-state index in [1.807, 2.05) is 32.0 Å². The third-order valence-corrected chi connectivity index (χ3v) is 1.50. The second-order valence-corrected chi connectivity index (χ2v) is 3.32. The van der Waals surface area contributed by atoms with Crippen molar-refractivity contribution in [3.05, 3.63) is 35.9 Å². The molecule has 0 amide bonds. The predicted octanol–water partition coefficient (Wildman–Crippen LogP) is 2.73. The molecule has 0 fully saturated rings. The average Bonchev–Trinajstić information content (AvgIpc) is 2.20. The van der Waals surface area contributed by atoms with Crippen molar-refractivity contribution in [2.75, 3.05) is 0 Å². The third-order valence-electron chi connectivity index (χ3n) is 1.50. The first-order valence-electron chi connectivity index (χ1n) is 4.64. The molecule has 0 aliphatic rings. The van der Waals surface area contributed by atoms with Gasteiger partial charge in [-0.1, -0.05) is 44.2 Å². The third kappa shape index (κ3) is 7.22. The van der Waals surface area contributed by atoms with Crippen LogP contribution >= 0.6 is 0 Å². The van der Waals surface area contributed by atoms with Gasteiger partial charge in [-0.05, 0) is 5.92 Å². The van der Waals surface area contributed by atoms with Crippen LogP contribution in [0.1, 0.15) is 30.6 Å². The van der Waals surface area contributed by atoms with Gasteiger partial charge in [0.05, 0.1) is 0 Å². The van der Waals surface area contributed by atoms with Gasteiger partial charge in [0.25, 0.3) is 0 Å². The lowest BCUT2D eigenvalue weighted by atomic mass is 10.2. The molecule has 0 heterocycles. The molecule has 0 spiro atoms. The largest absolute Gasteiger partial charge is 0.303 e. The molecule has 14 heavy (non-hydrogen) atoms. The maximum absolute atomic E-state index is 10.0. The van der Waals surface area contributed by atoms with Crippen LogP contribution in [0.2, 0.25) is 0 Å². The fourth-order valence-electron chi connectivity index (χ4n) is 0.724. The number of carbonyl (C=O) groups excluding carboxylic acids is 2. The molecule has 0 saturated heterocycles. The molecule has 76 valence electrons. The molecule has 0 aliphatic carbocycles. The van der Waals surface area contributed by atoms with Crippen LogP contribution in [0.5, 0.6) is 0 Å². The summed E-state index contributed by atoms with van der Waals surface area (Å²) in [6, 6.07) is 9.10. The van der Waals surface area contributed by atoms with E-state index in [0.717, 1.165) is 18.1 Å². The molecule has 0 radical (unpaired) electrons. The van der Waals surface area contributed by atoms with Crippen molar-refractivity contribution in [2.45, 2.75) is 20.3 Å². The molecular weight excluding hydrogens is 176 g/mol. The number of rotatable bonds is 3. The van der Waals surface area contributed by atoms with Crippen LogP contribution in [-0.2, 0) is 4.79 Å². The topological polar surface area (TPSA) is 34.1 Å². The summed E-state index contributed by atoms with van der Waals surface area (Å²) in [5.74, 6) is 0.530. The van der Waals surface area contributed by atoms with Crippen LogP contribution in [0.3, 0.4) is 0 Å². The molecule has 0 atom stereocenters. The minimum atomic E-state index is 0.530. The molecule has 0 aromatic heterocycles. The van der Waals surface area contributed by atoms with Gasteiger partial charge in [0.1, 0.15) is 12.6 Å². The highest BCUT2D eigenvalue weighted by molar-refractivity contribution is 5.74. The molecule has 1 aromatic rings. The van der Waals surface area contributed by atoms with Gasteiger partial charge in [-0.2, -0.15) is 0 Å².